The third kappa shape index (κ3) is 3.02. The van der Waals surface area contributed by atoms with E-state index in [-0.39, 0.29) is 5.69 Å². The Morgan fingerprint density at radius 2 is 2.50 bits per heavy atom. The number of rotatable bonds is 5. The molecule has 1 aromatic rings. The van der Waals surface area contributed by atoms with Gasteiger partial charge in [-0.2, -0.15) is 0 Å². The van der Waals surface area contributed by atoms with E-state index in [2.05, 4.69) is 10.3 Å². The standard InChI is InChI=1S/C9H13N3O2/c1-14-5-4-11-7-2-3-12-8(6-7)9(10)13/h2-3,6H,4-5H2,1H3,(H2,10,13)(H,11,12). The van der Waals surface area contributed by atoms with Crippen molar-refractivity contribution in [2.75, 3.05) is 25.6 Å². The minimum absolute atomic E-state index is 0.257. The molecule has 76 valence electrons. The zero-order valence-corrected chi connectivity index (χ0v) is 7.99. The van der Waals surface area contributed by atoms with E-state index in [1.165, 1.54) is 6.20 Å². The first-order chi connectivity index (χ1) is 6.74. The number of carbonyl (C=O) groups is 1. The lowest BCUT2D eigenvalue weighted by Gasteiger charge is -2.05. The summed E-state index contributed by atoms with van der Waals surface area (Å²) in [6.45, 7) is 1.28. The molecule has 5 heteroatoms. The average Bonchev–Trinajstić information content (AvgIpc) is 2.19. The van der Waals surface area contributed by atoms with Crippen LogP contribution in [0.5, 0.6) is 0 Å². The van der Waals surface area contributed by atoms with Crippen molar-refractivity contribution in [3.63, 3.8) is 0 Å². The predicted molar refractivity (Wildman–Crippen MR) is 53.1 cm³/mol. The number of hydrogen-bond donors (Lipinski definition) is 2. The van der Waals surface area contributed by atoms with Crippen LogP contribution in [0.2, 0.25) is 0 Å². The molecule has 0 radical (unpaired) electrons. The highest BCUT2D eigenvalue weighted by molar-refractivity contribution is 5.91. The minimum atomic E-state index is -0.527. The second-order valence-corrected chi connectivity index (χ2v) is 2.71. The van der Waals surface area contributed by atoms with Gasteiger partial charge in [-0.1, -0.05) is 0 Å². The fourth-order valence-corrected chi connectivity index (χ4v) is 0.973. The number of carbonyl (C=O) groups excluding carboxylic acids is 1. The monoisotopic (exact) mass is 195 g/mol. The number of amides is 1. The van der Waals surface area contributed by atoms with Crippen LogP contribution in [0.4, 0.5) is 5.69 Å². The van der Waals surface area contributed by atoms with E-state index in [0.717, 1.165) is 5.69 Å². The molecule has 0 aromatic carbocycles. The van der Waals surface area contributed by atoms with Crippen LogP contribution < -0.4 is 11.1 Å². The molecule has 0 spiro atoms. The molecule has 0 unspecified atom stereocenters. The summed E-state index contributed by atoms with van der Waals surface area (Å²) >= 11 is 0. The summed E-state index contributed by atoms with van der Waals surface area (Å²) < 4.78 is 4.87. The molecule has 5 nitrogen and oxygen atoms in total. The quantitative estimate of drug-likeness (QED) is 0.660. The van der Waals surface area contributed by atoms with Gasteiger partial charge in [0.25, 0.3) is 5.91 Å². The molecule has 0 aliphatic heterocycles. The average molecular weight is 195 g/mol. The first kappa shape index (κ1) is 10.5. The van der Waals surface area contributed by atoms with Gasteiger partial charge in [-0.25, -0.2) is 0 Å². The maximum absolute atomic E-state index is 10.8. The number of aromatic nitrogens is 1. The highest BCUT2D eigenvalue weighted by Crippen LogP contribution is 2.06. The number of pyridine rings is 1. The number of nitrogens with zero attached hydrogens (tertiary/aromatic N) is 1. The van der Waals surface area contributed by atoms with Gasteiger partial charge in [0.2, 0.25) is 0 Å². The van der Waals surface area contributed by atoms with Crippen molar-refractivity contribution in [1.82, 2.24) is 4.98 Å². The molecular weight excluding hydrogens is 182 g/mol. The van der Waals surface area contributed by atoms with Crippen LogP contribution >= 0.6 is 0 Å². The number of ether oxygens (including phenoxy) is 1. The Morgan fingerprint density at radius 1 is 1.71 bits per heavy atom. The molecule has 0 atom stereocenters. The number of nitrogens with one attached hydrogen (secondary N) is 1. The van der Waals surface area contributed by atoms with Crippen molar-refractivity contribution in [3.05, 3.63) is 24.0 Å². The minimum Gasteiger partial charge on any atom is -0.383 e. The van der Waals surface area contributed by atoms with E-state index < -0.39 is 5.91 Å². The molecule has 0 saturated heterocycles. The molecule has 1 aromatic heterocycles. The van der Waals surface area contributed by atoms with Gasteiger partial charge in [-0.15, -0.1) is 0 Å². The van der Waals surface area contributed by atoms with Gasteiger partial charge in [0.1, 0.15) is 5.69 Å². The maximum atomic E-state index is 10.8. The topological polar surface area (TPSA) is 77.2 Å². The molecule has 1 rings (SSSR count). The van der Waals surface area contributed by atoms with Crippen LogP contribution in [0.15, 0.2) is 18.3 Å². The third-order valence-electron chi connectivity index (χ3n) is 1.65. The first-order valence-corrected chi connectivity index (χ1v) is 4.22. The van der Waals surface area contributed by atoms with E-state index in [4.69, 9.17) is 10.5 Å². The fourth-order valence-electron chi connectivity index (χ4n) is 0.973. The molecule has 1 heterocycles. The van der Waals surface area contributed by atoms with Crippen molar-refractivity contribution in [1.29, 1.82) is 0 Å². The van der Waals surface area contributed by atoms with Crippen LogP contribution in [-0.2, 0) is 4.74 Å². The molecule has 0 saturated carbocycles. The third-order valence-corrected chi connectivity index (χ3v) is 1.65. The van der Waals surface area contributed by atoms with Crippen LogP contribution in [0, 0.1) is 0 Å². The van der Waals surface area contributed by atoms with Crippen molar-refractivity contribution in [2.24, 2.45) is 5.73 Å². The second kappa shape index (κ2) is 5.18. The van der Waals surface area contributed by atoms with E-state index in [0.29, 0.717) is 13.2 Å². The summed E-state index contributed by atoms with van der Waals surface area (Å²) in [7, 11) is 1.63. The van der Waals surface area contributed by atoms with Crippen LogP contribution in [0.3, 0.4) is 0 Å². The van der Waals surface area contributed by atoms with Crippen molar-refractivity contribution < 1.29 is 9.53 Å². The number of anilines is 1. The SMILES string of the molecule is COCCNc1ccnc(C(N)=O)c1. The Hall–Kier alpha value is -1.62. The number of methoxy groups -OCH3 is 1. The Bertz CT molecular complexity index is 315. The Morgan fingerprint density at radius 3 is 3.14 bits per heavy atom. The van der Waals surface area contributed by atoms with Crippen molar-refractivity contribution >= 4 is 11.6 Å². The highest BCUT2D eigenvalue weighted by Gasteiger charge is 2.01. The summed E-state index contributed by atoms with van der Waals surface area (Å²) in [4.78, 5) is 14.6. The van der Waals surface area contributed by atoms with Gasteiger partial charge < -0.3 is 15.8 Å². The Labute approximate surface area is 82.3 Å². The van der Waals surface area contributed by atoms with Crippen molar-refractivity contribution in [2.45, 2.75) is 0 Å². The lowest BCUT2D eigenvalue weighted by atomic mass is 10.3. The molecule has 0 fully saturated rings. The largest absolute Gasteiger partial charge is 0.383 e. The fraction of sp³-hybridized carbons (Fsp3) is 0.333. The molecule has 3 N–H and O–H groups in total. The van der Waals surface area contributed by atoms with Gasteiger partial charge in [-0.3, -0.25) is 9.78 Å². The second-order valence-electron chi connectivity index (χ2n) is 2.71. The molecular formula is C9H13N3O2. The van der Waals surface area contributed by atoms with E-state index >= 15 is 0 Å². The predicted octanol–water partition coefficient (Wildman–Crippen LogP) is 0.239. The summed E-state index contributed by atoms with van der Waals surface area (Å²) in [5.41, 5.74) is 6.15. The Balaban J connectivity index is 2.59. The number of hydrogen-bond acceptors (Lipinski definition) is 4. The van der Waals surface area contributed by atoms with Crippen LogP contribution in [0.1, 0.15) is 10.5 Å². The zero-order chi connectivity index (χ0) is 10.4. The summed E-state index contributed by atoms with van der Waals surface area (Å²) in [5.74, 6) is -0.527. The lowest BCUT2D eigenvalue weighted by molar-refractivity contribution is 0.0995. The molecule has 14 heavy (non-hydrogen) atoms. The molecule has 0 aliphatic rings. The molecule has 1 amide bonds. The zero-order valence-electron chi connectivity index (χ0n) is 7.99. The first-order valence-electron chi connectivity index (χ1n) is 4.22. The van der Waals surface area contributed by atoms with E-state index in [1.807, 2.05) is 0 Å². The smallest absolute Gasteiger partial charge is 0.267 e. The van der Waals surface area contributed by atoms with E-state index in [1.54, 1.807) is 19.2 Å². The number of primary amides is 1. The summed E-state index contributed by atoms with van der Waals surface area (Å²) in [6, 6.07) is 3.38. The van der Waals surface area contributed by atoms with E-state index in [9.17, 15) is 4.79 Å². The summed E-state index contributed by atoms with van der Waals surface area (Å²) in [6.07, 6.45) is 1.54. The molecule has 0 bridgehead atoms. The summed E-state index contributed by atoms with van der Waals surface area (Å²) in [5, 5.41) is 3.07. The highest BCUT2D eigenvalue weighted by atomic mass is 16.5. The van der Waals surface area contributed by atoms with Crippen LogP contribution in [0.25, 0.3) is 0 Å². The van der Waals surface area contributed by atoms with Crippen molar-refractivity contribution in [3.8, 4) is 0 Å². The van der Waals surface area contributed by atoms with Gasteiger partial charge in [-0.05, 0) is 12.1 Å². The molecule has 0 aliphatic carbocycles. The Kier molecular flexibility index (Phi) is 3.87. The number of nitrogens with two attached hydrogens (primary N) is 1. The van der Waals surface area contributed by atoms with Gasteiger partial charge >= 0.3 is 0 Å². The van der Waals surface area contributed by atoms with Gasteiger partial charge in [0, 0.05) is 25.5 Å². The maximum Gasteiger partial charge on any atom is 0.267 e. The van der Waals surface area contributed by atoms with Gasteiger partial charge in [0.05, 0.1) is 6.61 Å². The lowest BCUT2D eigenvalue weighted by Crippen LogP contribution is -2.14. The van der Waals surface area contributed by atoms with Crippen LogP contribution in [-0.4, -0.2) is 31.2 Å². The normalized spacial score (nSPS) is 9.79. The van der Waals surface area contributed by atoms with Gasteiger partial charge in [0.15, 0.2) is 0 Å².